The van der Waals surface area contributed by atoms with Crippen molar-refractivity contribution in [2.75, 3.05) is 19.6 Å². The lowest BCUT2D eigenvalue weighted by Gasteiger charge is -2.34. The number of alkyl carbamates (subject to hydrolysis) is 1. The SMILES string of the molecule is Cc1ccc2c(c1)C(Cn1ccnc1CO)=Cc1cccnc1C2N1CCCC(C)OC(=O)NCC1. The van der Waals surface area contributed by atoms with E-state index in [1.165, 1.54) is 16.7 Å². The highest BCUT2D eigenvalue weighted by Crippen LogP contribution is 2.40. The molecule has 0 spiro atoms. The fraction of sp³-hybridized carbons (Fsp3) is 0.393. The lowest BCUT2D eigenvalue weighted by molar-refractivity contribution is 0.0903. The van der Waals surface area contributed by atoms with E-state index in [2.05, 4.69) is 52.5 Å². The third-order valence-corrected chi connectivity index (χ3v) is 6.99. The number of cyclic esters (lactones) is 1. The summed E-state index contributed by atoms with van der Waals surface area (Å²) in [6.45, 7) is 6.59. The van der Waals surface area contributed by atoms with Crippen LogP contribution in [0.5, 0.6) is 0 Å². The standard InChI is InChI=1S/C28H33N5O3/c1-19-7-8-23-24(15-19)22(17-33-14-10-29-25(33)18-34)16-21-6-3-9-30-26(21)27(23)32-12-4-5-20(2)36-28(35)31-11-13-32/h3,6-10,14-16,20,27,34H,4-5,11-13,17-18H2,1-2H3,(H,31,35). The van der Waals surface area contributed by atoms with Crippen LogP contribution in [0, 0.1) is 6.92 Å². The van der Waals surface area contributed by atoms with Crippen LogP contribution >= 0.6 is 0 Å². The van der Waals surface area contributed by atoms with Gasteiger partial charge >= 0.3 is 6.09 Å². The van der Waals surface area contributed by atoms with Gasteiger partial charge in [-0.1, -0.05) is 29.8 Å². The summed E-state index contributed by atoms with van der Waals surface area (Å²) < 4.78 is 7.42. The number of aromatic nitrogens is 3. The number of aliphatic hydroxyl groups is 1. The Balaban J connectivity index is 1.60. The molecule has 1 fully saturated rings. The maximum Gasteiger partial charge on any atom is 0.407 e. The second-order valence-corrected chi connectivity index (χ2v) is 9.59. The van der Waals surface area contributed by atoms with Gasteiger partial charge in [-0.2, -0.15) is 0 Å². The molecular weight excluding hydrogens is 454 g/mol. The number of carbonyl (C=O) groups is 1. The number of nitrogens with one attached hydrogen (secondary N) is 1. The molecule has 0 radical (unpaired) electrons. The molecule has 1 aromatic carbocycles. The molecule has 2 aliphatic rings. The first-order valence-corrected chi connectivity index (χ1v) is 12.6. The lowest BCUT2D eigenvalue weighted by atomic mass is 9.92. The Morgan fingerprint density at radius 2 is 2.08 bits per heavy atom. The average molecular weight is 488 g/mol. The number of allylic oxidation sites excluding steroid dienone is 1. The minimum atomic E-state index is -0.358. The van der Waals surface area contributed by atoms with Crippen molar-refractivity contribution in [3.63, 3.8) is 0 Å². The molecule has 0 bridgehead atoms. The van der Waals surface area contributed by atoms with Crippen LogP contribution in [-0.2, 0) is 17.9 Å². The minimum Gasteiger partial charge on any atom is -0.447 e. The Morgan fingerprint density at radius 3 is 2.94 bits per heavy atom. The maximum atomic E-state index is 12.1. The molecule has 8 nitrogen and oxygen atoms in total. The minimum absolute atomic E-state index is 0.0572. The maximum absolute atomic E-state index is 12.1. The van der Waals surface area contributed by atoms with Gasteiger partial charge in [0.2, 0.25) is 0 Å². The Kier molecular flexibility index (Phi) is 7.16. The number of imidazole rings is 1. The van der Waals surface area contributed by atoms with Crippen molar-refractivity contribution in [1.29, 1.82) is 0 Å². The molecule has 188 valence electrons. The summed E-state index contributed by atoms with van der Waals surface area (Å²) in [5.74, 6) is 0.639. The van der Waals surface area contributed by atoms with Crippen LogP contribution in [0.4, 0.5) is 4.79 Å². The normalized spacial score (nSPS) is 20.9. The number of hydrogen-bond donors (Lipinski definition) is 2. The summed E-state index contributed by atoms with van der Waals surface area (Å²) in [6.07, 6.45) is 8.96. The molecule has 1 aliphatic carbocycles. The molecule has 1 amide bonds. The van der Waals surface area contributed by atoms with Crippen LogP contribution in [0.15, 0.2) is 48.9 Å². The van der Waals surface area contributed by atoms with Gasteiger partial charge in [0.1, 0.15) is 18.5 Å². The predicted octanol–water partition coefficient (Wildman–Crippen LogP) is 3.93. The van der Waals surface area contributed by atoms with E-state index in [0.717, 1.165) is 36.2 Å². The van der Waals surface area contributed by atoms with Gasteiger partial charge in [0.05, 0.1) is 11.7 Å². The zero-order valence-corrected chi connectivity index (χ0v) is 20.9. The molecule has 0 saturated carbocycles. The van der Waals surface area contributed by atoms with Crippen molar-refractivity contribution in [2.24, 2.45) is 0 Å². The molecule has 2 N–H and O–H groups in total. The first-order chi connectivity index (χ1) is 17.5. The molecule has 2 aromatic heterocycles. The van der Waals surface area contributed by atoms with Gasteiger partial charge in [0.15, 0.2) is 0 Å². The van der Waals surface area contributed by atoms with E-state index in [9.17, 15) is 9.90 Å². The molecule has 2 atom stereocenters. The van der Waals surface area contributed by atoms with E-state index in [1.54, 1.807) is 6.20 Å². The second kappa shape index (κ2) is 10.6. The van der Waals surface area contributed by atoms with Crippen LogP contribution in [0.3, 0.4) is 0 Å². The van der Waals surface area contributed by atoms with Crippen LogP contribution < -0.4 is 5.32 Å². The first kappa shape index (κ1) is 24.2. The van der Waals surface area contributed by atoms with Crippen LogP contribution in [0.25, 0.3) is 11.6 Å². The molecule has 1 saturated heterocycles. The topological polar surface area (TPSA) is 92.5 Å². The number of fused-ring (bicyclic) bond motifs is 2. The molecule has 3 heterocycles. The molecule has 3 aromatic rings. The van der Waals surface area contributed by atoms with Gasteiger partial charge in [-0.25, -0.2) is 9.78 Å². The number of aryl methyl sites for hydroxylation is 1. The van der Waals surface area contributed by atoms with Gasteiger partial charge in [0.25, 0.3) is 0 Å². The number of carbonyl (C=O) groups excluding carboxylic acids is 1. The number of benzene rings is 1. The summed E-state index contributed by atoms with van der Waals surface area (Å²) in [5, 5.41) is 12.7. The van der Waals surface area contributed by atoms with E-state index in [1.807, 2.05) is 30.0 Å². The van der Waals surface area contributed by atoms with Crippen molar-refractivity contribution in [1.82, 2.24) is 24.8 Å². The van der Waals surface area contributed by atoms with E-state index in [0.29, 0.717) is 25.5 Å². The number of hydrogen-bond acceptors (Lipinski definition) is 6. The largest absolute Gasteiger partial charge is 0.447 e. The molecular formula is C28H33N5O3. The van der Waals surface area contributed by atoms with E-state index < -0.39 is 0 Å². The third-order valence-electron chi connectivity index (χ3n) is 6.99. The molecule has 1 aliphatic heterocycles. The Morgan fingerprint density at radius 1 is 1.19 bits per heavy atom. The zero-order valence-electron chi connectivity index (χ0n) is 20.9. The van der Waals surface area contributed by atoms with E-state index in [-0.39, 0.29) is 24.8 Å². The summed E-state index contributed by atoms with van der Waals surface area (Å²) in [4.78, 5) is 23.8. The van der Waals surface area contributed by atoms with Crippen LogP contribution in [0.1, 0.15) is 59.6 Å². The van der Waals surface area contributed by atoms with Gasteiger partial charge in [-0.3, -0.25) is 9.88 Å². The summed E-state index contributed by atoms with van der Waals surface area (Å²) >= 11 is 0. The highest BCUT2D eigenvalue weighted by Gasteiger charge is 2.31. The van der Waals surface area contributed by atoms with Gasteiger partial charge in [-0.05, 0) is 67.6 Å². The second-order valence-electron chi connectivity index (χ2n) is 9.59. The third kappa shape index (κ3) is 5.05. The van der Waals surface area contributed by atoms with Crippen LogP contribution in [0.2, 0.25) is 0 Å². The van der Waals surface area contributed by atoms with Crippen LogP contribution in [-0.4, -0.2) is 56.4 Å². The molecule has 5 rings (SSSR count). The summed E-state index contributed by atoms with van der Waals surface area (Å²) in [7, 11) is 0. The summed E-state index contributed by atoms with van der Waals surface area (Å²) in [6, 6.07) is 10.7. The van der Waals surface area contributed by atoms with Gasteiger partial charge in [0, 0.05) is 38.2 Å². The monoisotopic (exact) mass is 487 g/mol. The zero-order chi connectivity index (χ0) is 25.1. The number of nitrogens with zero attached hydrogens (tertiary/aromatic N) is 4. The van der Waals surface area contributed by atoms with Crippen molar-refractivity contribution in [3.05, 3.63) is 82.7 Å². The van der Waals surface area contributed by atoms with Crippen molar-refractivity contribution >= 4 is 17.7 Å². The smallest absolute Gasteiger partial charge is 0.407 e. The number of pyridine rings is 1. The lowest BCUT2D eigenvalue weighted by Crippen LogP contribution is -2.41. The number of rotatable bonds is 4. The fourth-order valence-corrected chi connectivity index (χ4v) is 5.24. The number of ether oxygens (including phenoxy) is 1. The quantitative estimate of drug-likeness (QED) is 0.579. The Labute approximate surface area is 211 Å². The van der Waals surface area contributed by atoms with E-state index >= 15 is 0 Å². The highest BCUT2D eigenvalue weighted by molar-refractivity contribution is 5.86. The fourth-order valence-electron chi connectivity index (χ4n) is 5.24. The van der Waals surface area contributed by atoms with Crippen molar-refractivity contribution in [3.8, 4) is 0 Å². The first-order valence-electron chi connectivity index (χ1n) is 12.6. The Bertz CT molecular complexity index is 1270. The average Bonchev–Trinajstić information content (AvgIpc) is 3.27. The predicted molar refractivity (Wildman–Crippen MR) is 138 cm³/mol. The number of aliphatic hydroxyl groups excluding tert-OH is 1. The Hall–Kier alpha value is -3.49. The number of amides is 1. The van der Waals surface area contributed by atoms with Gasteiger partial charge in [-0.15, -0.1) is 0 Å². The summed E-state index contributed by atoms with van der Waals surface area (Å²) in [5.41, 5.74) is 6.79. The van der Waals surface area contributed by atoms with Gasteiger partial charge < -0.3 is 19.7 Å². The molecule has 2 unspecified atom stereocenters. The highest BCUT2D eigenvalue weighted by atomic mass is 16.6. The van der Waals surface area contributed by atoms with E-state index in [4.69, 9.17) is 9.72 Å². The molecule has 8 heteroatoms. The van der Waals surface area contributed by atoms with Crippen molar-refractivity contribution in [2.45, 2.75) is 52.0 Å². The molecule has 36 heavy (non-hydrogen) atoms. The van der Waals surface area contributed by atoms with Crippen molar-refractivity contribution < 1.29 is 14.6 Å².